The molecule has 3 N–H and O–H groups in total. The van der Waals surface area contributed by atoms with E-state index in [0.29, 0.717) is 17.0 Å². The first-order chi connectivity index (χ1) is 17.5. The van der Waals surface area contributed by atoms with Gasteiger partial charge in [0.1, 0.15) is 5.75 Å². The van der Waals surface area contributed by atoms with Crippen LogP contribution in [0.5, 0.6) is 5.75 Å². The summed E-state index contributed by atoms with van der Waals surface area (Å²) in [6.45, 7) is -0.268. The molecule has 0 atom stereocenters. The van der Waals surface area contributed by atoms with Crippen molar-refractivity contribution in [3.05, 3.63) is 82.8 Å². The van der Waals surface area contributed by atoms with Crippen LogP contribution in [0.2, 0.25) is 0 Å². The maximum absolute atomic E-state index is 12.4. The summed E-state index contributed by atoms with van der Waals surface area (Å²) < 4.78 is 6.30. The number of anilines is 1. The fourth-order valence-electron chi connectivity index (χ4n) is 4.12. The minimum Gasteiger partial charge on any atom is -0.483 e. The van der Waals surface area contributed by atoms with Gasteiger partial charge in [0.15, 0.2) is 6.61 Å². The molecule has 0 saturated heterocycles. The number of benzene rings is 3. The van der Waals surface area contributed by atoms with Gasteiger partial charge in [0.25, 0.3) is 11.8 Å². The molecule has 0 heterocycles. The van der Waals surface area contributed by atoms with Crippen LogP contribution in [0.15, 0.2) is 77.3 Å². The van der Waals surface area contributed by atoms with E-state index in [2.05, 4.69) is 32.1 Å². The highest BCUT2D eigenvalue weighted by atomic mass is 79.9. The number of rotatable bonds is 7. The number of hydrazine groups is 1. The third-order valence-electron chi connectivity index (χ3n) is 6.10. The van der Waals surface area contributed by atoms with E-state index in [1.165, 1.54) is 6.42 Å². The molecule has 3 aromatic rings. The summed E-state index contributed by atoms with van der Waals surface area (Å²) in [6, 6.07) is 22.1. The third kappa shape index (κ3) is 6.95. The van der Waals surface area contributed by atoms with Gasteiger partial charge in [0.05, 0.1) is 4.47 Å². The Bertz CT molecular complexity index is 1210. The van der Waals surface area contributed by atoms with Crippen LogP contribution in [-0.4, -0.2) is 24.3 Å². The van der Waals surface area contributed by atoms with Crippen molar-refractivity contribution in [2.75, 3.05) is 11.9 Å². The molecule has 1 aliphatic rings. The Balaban J connectivity index is 1.22. The Labute approximate surface area is 218 Å². The van der Waals surface area contributed by atoms with Crippen LogP contribution < -0.4 is 20.9 Å². The van der Waals surface area contributed by atoms with Gasteiger partial charge in [-0.1, -0.05) is 55.7 Å². The Morgan fingerprint density at radius 2 is 1.56 bits per heavy atom. The van der Waals surface area contributed by atoms with Gasteiger partial charge in [0, 0.05) is 17.2 Å². The summed E-state index contributed by atoms with van der Waals surface area (Å²) in [5.74, 6) is -0.371. The van der Waals surface area contributed by atoms with E-state index >= 15 is 0 Å². The standard InChI is InChI=1S/C28H28BrN3O4/c29-24-17-22(19-7-3-1-4-8-19)13-16-25(24)36-18-26(33)31-32-28(35)21-11-14-23(15-12-21)30-27(34)20-9-5-2-6-10-20/h1,3-4,7-8,11-17,20H,2,5-6,9-10,18H2,(H,30,34)(H,31,33)(H,32,35). The largest absolute Gasteiger partial charge is 0.483 e. The lowest BCUT2D eigenvalue weighted by molar-refractivity contribution is -0.124. The average Bonchev–Trinajstić information content (AvgIpc) is 2.92. The monoisotopic (exact) mass is 549 g/mol. The molecule has 3 aromatic carbocycles. The van der Waals surface area contributed by atoms with Crippen molar-refractivity contribution in [1.29, 1.82) is 0 Å². The lowest BCUT2D eigenvalue weighted by Gasteiger charge is -2.20. The second-order valence-electron chi connectivity index (χ2n) is 8.70. The van der Waals surface area contributed by atoms with Gasteiger partial charge in [-0.05, 0) is 76.3 Å². The van der Waals surface area contributed by atoms with Gasteiger partial charge < -0.3 is 10.1 Å². The molecule has 8 heteroatoms. The summed E-state index contributed by atoms with van der Waals surface area (Å²) >= 11 is 3.48. The Morgan fingerprint density at radius 3 is 2.25 bits per heavy atom. The SMILES string of the molecule is O=C(COc1ccc(-c2ccccc2)cc1Br)NNC(=O)c1ccc(NC(=O)C2CCCCC2)cc1. The fraction of sp³-hybridized carbons (Fsp3) is 0.250. The molecule has 1 fully saturated rings. The summed E-state index contributed by atoms with van der Waals surface area (Å²) in [5, 5.41) is 2.92. The van der Waals surface area contributed by atoms with Crippen LogP contribution in [0.4, 0.5) is 5.69 Å². The average molecular weight is 550 g/mol. The number of hydrogen-bond donors (Lipinski definition) is 3. The number of amides is 3. The maximum atomic E-state index is 12.4. The van der Waals surface area contributed by atoms with Crippen LogP contribution in [0, 0.1) is 5.92 Å². The number of carbonyl (C=O) groups excluding carboxylic acids is 3. The molecule has 1 saturated carbocycles. The lowest BCUT2D eigenvalue weighted by Crippen LogP contribution is -2.43. The number of ether oxygens (including phenoxy) is 1. The van der Waals surface area contributed by atoms with Crippen molar-refractivity contribution in [1.82, 2.24) is 10.9 Å². The Kier molecular flexibility index (Phi) is 8.73. The van der Waals surface area contributed by atoms with Crippen molar-refractivity contribution in [3.63, 3.8) is 0 Å². The predicted molar refractivity (Wildman–Crippen MR) is 142 cm³/mol. The zero-order valence-electron chi connectivity index (χ0n) is 19.8. The van der Waals surface area contributed by atoms with Crippen molar-refractivity contribution >= 4 is 39.3 Å². The first-order valence-electron chi connectivity index (χ1n) is 12.0. The van der Waals surface area contributed by atoms with E-state index < -0.39 is 11.8 Å². The predicted octanol–water partition coefficient (Wildman–Crippen LogP) is 5.47. The molecule has 186 valence electrons. The highest BCUT2D eigenvalue weighted by Gasteiger charge is 2.21. The van der Waals surface area contributed by atoms with Gasteiger partial charge in [-0.3, -0.25) is 25.2 Å². The number of carbonyl (C=O) groups is 3. The molecule has 7 nitrogen and oxygen atoms in total. The van der Waals surface area contributed by atoms with Crippen molar-refractivity contribution in [2.45, 2.75) is 32.1 Å². The van der Waals surface area contributed by atoms with Gasteiger partial charge in [-0.15, -0.1) is 0 Å². The molecule has 0 radical (unpaired) electrons. The summed E-state index contributed by atoms with van der Waals surface area (Å²) in [4.78, 5) is 36.9. The van der Waals surface area contributed by atoms with E-state index in [-0.39, 0.29) is 18.4 Å². The molecular formula is C28H28BrN3O4. The smallest absolute Gasteiger partial charge is 0.276 e. The van der Waals surface area contributed by atoms with E-state index in [4.69, 9.17) is 4.74 Å². The summed E-state index contributed by atoms with van der Waals surface area (Å²) in [5.41, 5.74) is 7.81. The first-order valence-corrected chi connectivity index (χ1v) is 12.8. The summed E-state index contributed by atoms with van der Waals surface area (Å²) in [6.07, 6.45) is 5.21. The quantitative estimate of drug-likeness (QED) is 0.340. The molecule has 36 heavy (non-hydrogen) atoms. The van der Waals surface area contributed by atoms with E-state index in [0.717, 1.165) is 41.3 Å². The zero-order chi connectivity index (χ0) is 25.3. The highest BCUT2D eigenvalue weighted by Crippen LogP contribution is 2.30. The van der Waals surface area contributed by atoms with Crippen LogP contribution in [-0.2, 0) is 9.59 Å². The minimum atomic E-state index is -0.501. The van der Waals surface area contributed by atoms with Crippen LogP contribution >= 0.6 is 15.9 Å². The molecule has 3 amide bonds. The third-order valence-corrected chi connectivity index (χ3v) is 6.72. The van der Waals surface area contributed by atoms with Gasteiger partial charge in [-0.25, -0.2) is 0 Å². The molecule has 0 bridgehead atoms. The van der Waals surface area contributed by atoms with Crippen molar-refractivity contribution in [3.8, 4) is 16.9 Å². The molecule has 4 rings (SSSR count). The Morgan fingerprint density at radius 1 is 0.833 bits per heavy atom. The van der Waals surface area contributed by atoms with Gasteiger partial charge >= 0.3 is 0 Å². The first kappa shape index (κ1) is 25.4. The topological polar surface area (TPSA) is 96.5 Å². The van der Waals surface area contributed by atoms with Gasteiger partial charge in [-0.2, -0.15) is 0 Å². The molecule has 0 unspecified atom stereocenters. The highest BCUT2D eigenvalue weighted by molar-refractivity contribution is 9.10. The second-order valence-corrected chi connectivity index (χ2v) is 9.56. The number of hydrogen-bond acceptors (Lipinski definition) is 4. The van der Waals surface area contributed by atoms with Crippen LogP contribution in [0.1, 0.15) is 42.5 Å². The normalized spacial score (nSPS) is 13.5. The van der Waals surface area contributed by atoms with Crippen LogP contribution in [0.3, 0.4) is 0 Å². The van der Waals surface area contributed by atoms with E-state index in [1.54, 1.807) is 30.3 Å². The Hall–Kier alpha value is -3.65. The van der Waals surface area contributed by atoms with Crippen LogP contribution in [0.25, 0.3) is 11.1 Å². The zero-order valence-corrected chi connectivity index (χ0v) is 21.3. The number of halogens is 1. The second kappa shape index (κ2) is 12.4. The minimum absolute atomic E-state index is 0.0282. The van der Waals surface area contributed by atoms with Gasteiger partial charge in [0.2, 0.25) is 5.91 Å². The van der Waals surface area contributed by atoms with Crippen molar-refractivity contribution < 1.29 is 19.1 Å². The molecule has 0 aromatic heterocycles. The lowest BCUT2D eigenvalue weighted by atomic mass is 9.88. The molecule has 0 aliphatic heterocycles. The molecule has 0 spiro atoms. The molecule has 1 aliphatic carbocycles. The van der Waals surface area contributed by atoms with E-state index in [9.17, 15) is 14.4 Å². The maximum Gasteiger partial charge on any atom is 0.276 e. The van der Waals surface area contributed by atoms with E-state index in [1.807, 2.05) is 42.5 Å². The number of nitrogens with one attached hydrogen (secondary N) is 3. The molecular weight excluding hydrogens is 522 g/mol. The fourth-order valence-corrected chi connectivity index (χ4v) is 4.61. The van der Waals surface area contributed by atoms with Crippen molar-refractivity contribution in [2.24, 2.45) is 5.92 Å². The summed E-state index contributed by atoms with van der Waals surface area (Å²) in [7, 11) is 0.